The van der Waals surface area contributed by atoms with E-state index >= 15 is 0 Å². The third kappa shape index (κ3) is 5.18. The van der Waals surface area contributed by atoms with Crippen LogP contribution < -0.4 is 5.32 Å². The van der Waals surface area contributed by atoms with E-state index < -0.39 is 15.9 Å². The highest BCUT2D eigenvalue weighted by Crippen LogP contribution is 2.26. The number of carbonyl (C=O) groups is 1. The number of anilines is 1. The van der Waals surface area contributed by atoms with Crippen molar-refractivity contribution in [3.8, 4) is 0 Å². The highest BCUT2D eigenvalue weighted by molar-refractivity contribution is 7.89. The Kier molecular flexibility index (Phi) is 6.97. The van der Waals surface area contributed by atoms with E-state index in [0.29, 0.717) is 47.6 Å². The molecule has 0 saturated carbocycles. The molecule has 0 bridgehead atoms. The van der Waals surface area contributed by atoms with Gasteiger partial charge in [-0.05, 0) is 42.8 Å². The standard InChI is InChI=1S/C20H20Cl2N2O4S/c1-14-5-6-15(29(26,27)24-9-11-28-12-10-24)13-19(14)23-20(25)8-7-16-17(21)3-2-4-18(16)22/h2-8,13H,9-12H2,1H3,(H,23,25)/b8-7+. The predicted molar refractivity (Wildman–Crippen MR) is 115 cm³/mol. The molecule has 0 unspecified atom stereocenters. The molecule has 1 aliphatic heterocycles. The van der Waals surface area contributed by atoms with Gasteiger partial charge in [0.1, 0.15) is 0 Å². The maximum Gasteiger partial charge on any atom is 0.248 e. The first-order valence-electron chi connectivity index (χ1n) is 8.90. The minimum atomic E-state index is -3.65. The van der Waals surface area contributed by atoms with Crippen LogP contribution in [-0.2, 0) is 19.6 Å². The summed E-state index contributed by atoms with van der Waals surface area (Å²) in [6, 6.07) is 9.73. The van der Waals surface area contributed by atoms with Crippen molar-refractivity contribution in [3.63, 3.8) is 0 Å². The lowest BCUT2D eigenvalue weighted by Gasteiger charge is -2.26. The van der Waals surface area contributed by atoms with Crippen LogP contribution in [-0.4, -0.2) is 44.9 Å². The fraction of sp³-hybridized carbons (Fsp3) is 0.250. The SMILES string of the molecule is Cc1ccc(S(=O)(=O)N2CCOCC2)cc1NC(=O)/C=C/c1c(Cl)cccc1Cl. The maximum absolute atomic E-state index is 12.8. The third-order valence-electron chi connectivity index (χ3n) is 4.48. The van der Waals surface area contributed by atoms with Gasteiger partial charge in [-0.25, -0.2) is 8.42 Å². The van der Waals surface area contributed by atoms with Crippen LogP contribution in [0.4, 0.5) is 5.69 Å². The number of hydrogen-bond acceptors (Lipinski definition) is 4. The van der Waals surface area contributed by atoms with Crippen LogP contribution in [0.5, 0.6) is 0 Å². The van der Waals surface area contributed by atoms with Crippen LogP contribution in [0, 0.1) is 6.92 Å². The Labute approximate surface area is 180 Å². The topological polar surface area (TPSA) is 75.7 Å². The normalized spacial score (nSPS) is 15.6. The number of carbonyl (C=O) groups excluding carboxylic acids is 1. The van der Waals surface area contributed by atoms with Crippen molar-refractivity contribution < 1.29 is 17.9 Å². The molecule has 1 heterocycles. The highest BCUT2D eigenvalue weighted by Gasteiger charge is 2.26. The Morgan fingerprint density at radius 3 is 2.45 bits per heavy atom. The van der Waals surface area contributed by atoms with E-state index in [1.165, 1.54) is 28.6 Å². The molecule has 1 aliphatic rings. The number of aryl methyl sites for hydroxylation is 1. The van der Waals surface area contributed by atoms with Gasteiger partial charge in [-0.3, -0.25) is 4.79 Å². The molecular formula is C20H20Cl2N2O4S. The van der Waals surface area contributed by atoms with Crippen LogP contribution in [0.3, 0.4) is 0 Å². The van der Waals surface area contributed by atoms with E-state index in [0.717, 1.165) is 5.56 Å². The van der Waals surface area contributed by atoms with Gasteiger partial charge < -0.3 is 10.1 Å². The lowest BCUT2D eigenvalue weighted by Crippen LogP contribution is -2.40. The molecule has 1 N–H and O–H groups in total. The molecule has 9 heteroatoms. The molecule has 1 fully saturated rings. The number of halogens is 2. The summed E-state index contributed by atoms with van der Waals surface area (Å²) in [4.78, 5) is 12.5. The van der Waals surface area contributed by atoms with Crippen LogP contribution >= 0.6 is 23.2 Å². The summed E-state index contributed by atoms with van der Waals surface area (Å²) >= 11 is 12.2. The van der Waals surface area contributed by atoms with Gasteiger partial charge in [-0.2, -0.15) is 4.31 Å². The Morgan fingerprint density at radius 2 is 1.79 bits per heavy atom. The number of nitrogens with zero attached hydrogens (tertiary/aromatic N) is 1. The van der Waals surface area contributed by atoms with E-state index in [2.05, 4.69) is 5.32 Å². The van der Waals surface area contributed by atoms with E-state index in [4.69, 9.17) is 27.9 Å². The largest absolute Gasteiger partial charge is 0.379 e. The number of sulfonamides is 1. The van der Waals surface area contributed by atoms with Crippen molar-refractivity contribution in [2.45, 2.75) is 11.8 Å². The Morgan fingerprint density at radius 1 is 1.14 bits per heavy atom. The zero-order valence-corrected chi connectivity index (χ0v) is 18.0. The number of hydrogen-bond donors (Lipinski definition) is 1. The first kappa shape index (κ1) is 21.8. The Bertz CT molecular complexity index is 1030. The van der Waals surface area contributed by atoms with Crippen molar-refractivity contribution >= 4 is 50.9 Å². The van der Waals surface area contributed by atoms with Gasteiger partial charge >= 0.3 is 0 Å². The third-order valence-corrected chi connectivity index (χ3v) is 7.03. The Balaban J connectivity index is 1.80. The lowest BCUT2D eigenvalue weighted by molar-refractivity contribution is -0.111. The number of amides is 1. The summed E-state index contributed by atoms with van der Waals surface area (Å²) in [5.74, 6) is -0.426. The molecule has 2 aromatic carbocycles. The molecule has 0 aromatic heterocycles. The zero-order chi connectivity index (χ0) is 21.0. The number of benzene rings is 2. The molecule has 29 heavy (non-hydrogen) atoms. The maximum atomic E-state index is 12.8. The molecule has 2 aromatic rings. The minimum absolute atomic E-state index is 0.124. The van der Waals surface area contributed by atoms with Crippen LogP contribution in [0.25, 0.3) is 6.08 Å². The molecular weight excluding hydrogens is 435 g/mol. The average Bonchev–Trinajstić information content (AvgIpc) is 2.70. The zero-order valence-electron chi connectivity index (χ0n) is 15.7. The van der Waals surface area contributed by atoms with E-state index in [9.17, 15) is 13.2 Å². The summed E-state index contributed by atoms with van der Waals surface area (Å²) in [7, 11) is -3.65. The quantitative estimate of drug-likeness (QED) is 0.693. The van der Waals surface area contributed by atoms with Gasteiger partial charge in [-0.15, -0.1) is 0 Å². The molecule has 1 saturated heterocycles. The van der Waals surface area contributed by atoms with Crippen LogP contribution in [0.1, 0.15) is 11.1 Å². The van der Waals surface area contributed by atoms with Crippen molar-refractivity contribution in [1.29, 1.82) is 0 Å². The number of ether oxygens (including phenoxy) is 1. The second kappa shape index (κ2) is 9.28. The van der Waals surface area contributed by atoms with E-state index in [1.54, 1.807) is 31.2 Å². The van der Waals surface area contributed by atoms with Gasteiger partial charge in [0.15, 0.2) is 0 Å². The fourth-order valence-corrected chi connectivity index (χ4v) is 4.79. The highest BCUT2D eigenvalue weighted by atomic mass is 35.5. The molecule has 3 rings (SSSR count). The molecule has 0 atom stereocenters. The van der Waals surface area contributed by atoms with Crippen LogP contribution in [0.15, 0.2) is 47.4 Å². The van der Waals surface area contributed by atoms with Gasteiger partial charge in [0.25, 0.3) is 0 Å². The van der Waals surface area contributed by atoms with E-state index in [-0.39, 0.29) is 4.90 Å². The first-order chi connectivity index (χ1) is 13.8. The van der Waals surface area contributed by atoms with Crippen molar-refractivity contribution in [1.82, 2.24) is 4.31 Å². The predicted octanol–water partition coefficient (Wildman–Crippen LogP) is 3.97. The molecule has 154 valence electrons. The lowest BCUT2D eigenvalue weighted by atomic mass is 10.2. The van der Waals surface area contributed by atoms with E-state index in [1.807, 2.05) is 0 Å². The van der Waals surface area contributed by atoms with Gasteiger partial charge in [0.2, 0.25) is 15.9 Å². The van der Waals surface area contributed by atoms with Gasteiger partial charge in [0, 0.05) is 40.5 Å². The minimum Gasteiger partial charge on any atom is -0.379 e. The van der Waals surface area contributed by atoms with Gasteiger partial charge in [-0.1, -0.05) is 35.3 Å². The number of rotatable bonds is 5. The summed E-state index contributed by atoms with van der Waals surface area (Å²) in [5, 5.41) is 3.57. The summed E-state index contributed by atoms with van der Waals surface area (Å²) in [6.45, 7) is 3.13. The molecule has 0 radical (unpaired) electrons. The summed E-state index contributed by atoms with van der Waals surface area (Å²) in [6.07, 6.45) is 2.82. The summed E-state index contributed by atoms with van der Waals surface area (Å²) in [5.41, 5.74) is 1.69. The van der Waals surface area contributed by atoms with Crippen LogP contribution in [0.2, 0.25) is 10.0 Å². The first-order valence-corrected chi connectivity index (χ1v) is 11.1. The van der Waals surface area contributed by atoms with Crippen molar-refractivity contribution in [2.75, 3.05) is 31.6 Å². The smallest absolute Gasteiger partial charge is 0.248 e. The monoisotopic (exact) mass is 454 g/mol. The molecule has 1 amide bonds. The van der Waals surface area contributed by atoms with Crippen molar-refractivity contribution in [3.05, 3.63) is 63.6 Å². The Hall–Kier alpha value is -1.90. The second-order valence-corrected chi connectivity index (χ2v) is 9.20. The fourth-order valence-electron chi connectivity index (χ4n) is 2.84. The second-order valence-electron chi connectivity index (χ2n) is 6.45. The number of nitrogens with one attached hydrogen (secondary N) is 1. The number of morpholine rings is 1. The molecule has 6 nitrogen and oxygen atoms in total. The molecule has 0 aliphatic carbocycles. The average molecular weight is 455 g/mol. The summed E-state index contributed by atoms with van der Waals surface area (Å²) < 4.78 is 32.3. The van der Waals surface area contributed by atoms with Gasteiger partial charge in [0.05, 0.1) is 18.1 Å². The molecule has 0 spiro atoms. The van der Waals surface area contributed by atoms with Crippen molar-refractivity contribution in [2.24, 2.45) is 0 Å².